The molecule has 0 saturated heterocycles. The molecule has 1 aliphatic carbocycles. The van der Waals surface area contributed by atoms with Crippen LogP contribution in [0.4, 0.5) is 5.69 Å². The molecule has 1 amide bonds. The Morgan fingerprint density at radius 1 is 1.07 bits per heavy atom. The largest absolute Gasteiger partial charge is 0.326 e. The lowest BCUT2D eigenvalue weighted by molar-refractivity contribution is -0.121. The molecule has 1 aromatic rings. The molecule has 0 unspecified atom stereocenters. The first-order valence-corrected chi connectivity index (χ1v) is 5.76. The fourth-order valence-electron chi connectivity index (χ4n) is 2.98. The summed E-state index contributed by atoms with van der Waals surface area (Å²) in [5, 5.41) is 3.02. The Morgan fingerprint density at radius 2 is 1.80 bits per heavy atom. The summed E-state index contributed by atoms with van der Waals surface area (Å²) in [6.45, 7) is 0. The summed E-state index contributed by atoms with van der Waals surface area (Å²) in [4.78, 5) is 11.9. The highest BCUT2D eigenvalue weighted by molar-refractivity contribution is 5.96. The summed E-state index contributed by atoms with van der Waals surface area (Å²) in [6, 6.07) is 8.24. The Hall–Kier alpha value is -1.31. The van der Waals surface area contributed by atoms with Crippen molar-refractivity contribution in [2.45, 2.75) is 31.6 Å². The van der Waals surface area contributed by atoms with E-state index in [9.17, 15) is 4.79 Å². The van der Waals surface area contributed by atoms with Crippen molar-refractivity contribution < 1.29 is 4.79 Å². The van der Waals surface area contributed by atoms with Gasteiger partial charge in [0, 0.05) is 11.6 Å². The number of rotatable bonds is 0. The van der Waals surface area contributed by atoms with E-state index in [4.69, 9.17) is 0 Å². The third kappa shape index (κ3) is 1.36. The van der Waals surface area contributed by atoms with Crippen LogP contribution in [0.2, 0.25) is 0 Å². The first kappa shape index (κ1) is 8.96. The molecular weight excluding hydrogens is 186 g/mol. The minimum Gasteiger partial charge on any atom is -0.326 e. The Bertz CT molecular complexity index is 399. The molecule has 78 valence electrons. The van der Waals surface area contributed by atoms with Crippen molar-refractivity contribution in [1.29, 1.82) is 0 Å². The van der Waals surface area contributed by atoms with Gasteiger partial charge in [-0.25, -0.2) is 0 Å². The Morgan fingerprint density at radius 3 is 2.67 bits per heavy atom. The number of hydrogen-bond acceptors (Lipinski definition) is 1. The monoisotopic (exact) mass is 201 g/mol. The summed E-state index contributed by atoms with van der Waals surface area (Å²) in [7, 11) is 0. The molecular formula is C13H15NO. The minimum absolute atomic E-state index is 0.230. The maximum Gasteiger partial charge on any atom is 0.228 e. The number of benzene rings is 1. The lowest BCUT2D eigenvalue weighted by Crippen LogP contribution is -2.35. The van der Waals surface area contributed by atoms with Crippen molar-refractivity contribution in [3.63, 3.8) is 0 Å². The molecule has 0 aromatic heterocycles. The van der Waals surface area contributed by atoms with Crippen LogP contribution >= 0.6 is 0 Å². The molecule has 1 heterocycles. The molecule has 2 atom stereocenters. The fraction of sp³-hybridized carbons (Fsp3) is 0.462. The average Bonchev–Trinajstić information content (AvgIpc) is 2.30. The predicted molar refractivity (Wildman–Crippen MR) is 59.8 cm³/mol. The van der Waals surface area contributed by atoms with E-state index in [1.54, 1.807) is 0 Å². The molecule has 2 heteroatoms. The zero-order valence-electron chi connectivity index (χ0n) is 8.70. The van der Waals surface area contributed by atoms with Crippen LogP contribution in [0.1, 0.15) is 37.2 Å². The molecule has 0 spiro atoms. The van der Waals surface area contributed by atoms with E-state index in [-0.39, 0.29) is 11.8 Å². The standard InChI is InChI=1S/C13H15NO/c15-13-11-7-2-1-5-9(11)10-6-3-4-8-12(10)14-13/h3-4,6,8-9,11H,1-2,5,7H2,(H,14,15)/t9-,11+/m0/s1. The molecule has 2 nitrogen and oxygen atoms in total. The first-order valence-electron chi connectivity index (χ1n) is 5.76. The normalized spacial score (nSPS) is 28.9. The van der Waals surface area contributed by atoms with Gasteiger partial charge in [-0.05, 0) is 30.4 Å². The molecule has 1 aliphatic heterocycles. The van der Waals surface area contributed by atoms with Crippen LogP contribution in [-0.4, -0.2) is 5.91 Å². The van der Waals surface area contributed by atoms with Gasteiger partial charge in [0.1, 0.15) is 0 Å². The van der Waals surface area contributed by atoms with E-state index < -0.39 is 0 Å². The molecule has 1 N–H and O–H groups in total. The van der Waals surface area contributed by atoms with Crippen LogP contribution in [0.15, 0.2) is 24.3 Å². The van der Waals surface area contributed by atoms with Gasteiger partial charge in [0.05, 0.1) is 0 Å². The highest BCUT2D eigenvalue weighted by atomic mass is 16.2. The third-order valence-corrected chi connectivity index (χ3v) is 3.72. The van der Waals surface area contributed by atoms with E-state index in [0.717, 1.165) is 12.1 Å². The van der Waals surface area contributed by atoms with Gasteiger partial charge in [0.25, 0.3) is 0 Å². The van der Waals surface area contributed by atoms with E-state index >= 15 is 0 Å². The smallest absolute Gasteiger partial charge is 0.228 e. The number of amides is 1. The molecule has 1 aromatic carbocycles. The van der Waals surface area contributed by atoms with Gasteiger partial charge in [-0.15, -0.1) is 0 Å². The fourth-order valence-corrected chi connectivity index (χ4v) is 2.98. The Balaban J connectivity index is 2.06. The summed E-state index contributed by atoms with van der Waals surface area (Å²) in [5.41, 5.74) is 2.38. The summed E-state index contributed by atoms with van der Waals surface area (Å²) < 4.78 is 0. The summed E-state index contributed by atoms with van der Waals surface area (Å²) >= 11 is 0. The molecule has 1 fully saturated rings. The molecule has 2 aliphatic rings. The van der Waals surface area contributed by atoms with E-state index in [1.807, 2.05) is 12.1 Å². The maximum absolute atomic E-state index is 11.9. The number of anilines is 1. The van der Waals surface area contributed by atoms with Crippen LogP contribution in [0.25, 0.3) is 0 Å². The maximum atomic E-state index is 11.9. The van der Waals surface area contributed by atoms with E-state index in [0.29, 0.717) is 5.92 Å². The highest BCUT2D eigenvalue weighted by Gasteiger charge is 2.36. The zero-order valence-corrected chi connectivity index (χ0v) is 8.70. The van der Waals surface area contributed by atoms with Crippen LogP contribution < -0.4 is 5.32 Å². The summed E-state index contributed by atoms with van der Waals surface area (Å²) in [6.07, 6.45) is 4.71. The molecule has 3 rings (SSSR count). The number of nitrogens with one attached hydrogen (secondary N) is 1. The Labute approximate surface area is 89.7 Å². The van der Waals surface area contributed by atoms with Crippen LogP contribution in [0, 0.1) is 5.92 Å². The predicted octanol–water partition coefficient (Wildman–Crippen LogP) is 2.91. The average molecular weight is 201 g/mol. The van der Waals surface area contributed by atoms with Gasteiger partial charge in [0.2, 0.25) is 5.91 Å². The number of carbonyl (C=O) groups is 1. The number of carbonyl (C=O) groups excluding carboxylic acids is 1. The number of fused-ring (bicyclic) bond motifs is 3. The van der Waals surface area contributed by atoms with Gasteiger partial charge in [-0.2, -0.15) is 0 Å². The third-order valence-electron chi connectivity index (χ3n) is 3.72. The van der Waals surface area contributed by atoms with Crippen molar-refractivity contribution in [2.75, 3.05) is 5.32 Å². The van der Waals surface area contributed by atoms with Crippen molar-refractivity contribution in [3.05, 3.63) is 29.8 Å². The zero-order chi connectivity index (χ0) is 10.3. The quantitative estimate of drug-likeness (QED) is 0.687. The second-order valence-electron chi connectivity index (χ2n) is 4.57. The van der Waals surface area contributed by atoms with Crippen molar-refractivity contribution >= 4 is 11.6 Å². The highest BCUT2D eigenvalue weighted by Crippen LogP contribution is 2.44. The van der Waals surface area contributed by atoms with Gasteiger partial charge in [0.15, 0.2) is 0 Å². The lowest BCUT2D eigenvalue weighted by Gasteiger charge is -2.36. The SMILES string of the molecule is O=C1Nc2ccccc2[C@@H]2CCCC[C@@H]12. The van der Waals surface area contributed by atoms with E-state index in [1.165, 1.54) is 24.8 Å². The molecule has 0 radical (unpaired) electrons. The number of para-hydroxylation sites is 1. The second kappa shape index (κ2) is 3.37. The van der Waals surface area contributed by atoms with Crippen molar-refractivity contribution in [3.8, 4) is 0 Å². The topological polar surface area (TPSA) is 29.1 Å². The molecule has 0 bridgehead atoms. The van der Waals surface area contributed by atoms with Gasteiger partial charge < -0.3 is 5.32 Å². The minimum atomic E-state index is 0.230. The summed E-state index contributed by atoms with van der Waals surface area (Å²) in [5.74, 6) is 0.941. The van der Waals surface area contributed by atoms with Crippen molar-refractivity contribution in [1.82, 2.24) is 0 Å². The van der Waals surface area contributed by atoms with Gasteiger partial charge >= 0.3 is 0 Å². The second-order valence-corrected chi connectivity index (χ2v) is 4.57. The van der Waals surface area contributed by atoms with E-state index in [2.05, 4.69) is 17.4 Å². The molecule has 1 saturated carbocycles. The van der Waals surface area contributed by atoms with Gasteiger partial charge in [-0.1, -0.05) is 31.0 Å². The lowest BCUT2D eigenvalue weighted by atomic mass is 9.72. The molecule has 15 heavy (non-hydrogen) atoms. The van der Waals surface area contributed by atoms with Gasteiger partial charge in [-0.3, -0.25) is 4.79 Å². The van der Waals surface area contributed by atoms with Crippen LogP contribution in [0.3, 0.4) is 0 Å². The number of hydrogen-bond donors (Lipinski definition) is 1. The first-order chi connectivity index (χ1) is 7.36. The van der Waals surface area contributed by atoms with Crippen molar-refractivity contribution in [2.24, 2.45) is 5.92 Å². The van der Waals surface area contributed by atoms with Crippen LogP contribution in [0.5, 0.6) is 0 Å². The van der Waals surface area contributed by atoms with Crippen LogP contribution in [-0.2, 0) is 4.79 Å². The Kier molecular flexibility index (Phi) is 2.01.